The molecule has 1 aromatic heterocycles. The molecule has 0 aliphatic rings. The van der Waals surface area contributed by atoms with Crippen LogP contribution >= 0.6 is 0 Å². The van der Waals surface area contributed by atoms with E-state index in [1.165, 1.54) is 6.26 Å². The lowest BCUT2D eigenvalue weighted by molar-refractivity contribution is 0.110. The molecule has 0 bridgehead atoms. The van der Waals surface area contributed by atoms with E-state index in [-0.39, 0.29) is 0 Å². The van der Waals surface area contributed by atoms with Crippen LogP contribution in [0.5, 0.6) is 0 Å². The van der Waals surface area contributed by atoms with Crippen LogP contribution in [0.1, 0.15) is 30.0 Å². The van der Waals surface area contributed by atoms with E-state index in [0.29, 0.717) is 12.0 Å². The van der Waals surface area contributed by atoms with Gasteiger partial charge in [-0.05, 0) is 32.4 Å². The average molecular weight is 184 g/mol. The van der Waals surface area contributed by atoms with Gasteiger partial charge in [-0.25, -0.2) is 0 Å². The van der Waals surface area contributed by atoms with Gasteiger partial charge in [-0.15, -0.1) is 0 Å². The van der Waals surface area contributed by atoms with Crippen molar-refractivity contribution in [3.8, 4) is 0 Å². The number of furan rings is 1. The Morgan fingerprint density at radius 3 is 2.23 bits per heavy atom. The van der Waals surface area contributed by atoms with Crippen LogP contribution < -0.4 is 0 Å². The third kappa shape index (κ3) is 5.20. The first-order chi connectivity index (χ1) is 6.26. The summed E-state index contributed by atoms with van der Waals surface area (Å²) in [6.07, 6.45) is 2.20. The van der Waals surface area contributed by atoms with Crippen molar-refractivity contribution in [3.05, 3.63) is 23.7 Å². The van der Waals surface area contributed by atoms with Crippen LogP contribution in [0, 0.1) is 6.92 Å². The molecule has 0 aliphatic heterocycles. The van der Waals surface area contributed by atoms with E-state index in [2.05, 4.69) is 0 Å². The zero-order valence-corrected chi connectivity index (χ0v) is 8.37. The first kappa shape index (κ1) is 11.9. The van der Waals surface area contributed by atoms with Crippen molar-refractivity contribution in [2.45, 2.75) is 20.8 Å². The SMILES string of the molecule is CCOCC.Cc1ccoc1C=O. The number of aldehydes is 1. The lowest BCUT2D eigenvalue weighted by Gasteiger charge is -1.86. The van der Waals surface area contributed by atoms with E-state index in [1.54, 1.807) is 6.07 Å². The Morgan fingerprint density at radius 2 is 2.08 bits per heavy atom. The topological polar surface area (TPSA) is 39.4 Å². The van der Waals surface area contributed by atoms with Gasteiger partial charge in [0.2, 0.25) is 0 Å². The average Bonchev–Trinajstić information content (AvgIpc) is 2.53. The molecule has 0 aromatic carbocycles. The van der Waals surface area contributed by atoms with Gasteiger partial charge in [0.05, 0.1) is 6.26 Å². The normalized spacial score (nSPS) is 8.85. The maximum atomic E-state index is 9.99. The smallest absolute Gasteiger partial charge is 0.185 e. The highest BCUT2D eigenvalue weighted by Crippen LogP contribution is 2.03. The summed E-state index contributed by atoms with van der Waals surface area (Å²) in [5, 5.41) is 0. The second kappa shape index (κ2) is 7.55. The fourth-order valence-corrected chi connectivity index (χ4v) is 0.709. The molecule has 0 fully saturated rings. The molecule has 13 heavy (non-hydrogen) atoms. The zero-order chi connectivity index (χ0) is 10.1. The van der Waals surface area contributed by atoms with E-state index < -0.39 is 0 Å². The third-order valence-electron chi connectivity index (χ3n) is 1.42. The Hall–Kier alpha value is -1.09. The molecule has 0 saturated carbocycles. The highest BCUT2D eigenvalue weighted by molar-refractivity contribution is 5.72. The van der Waals surface area contributed by atoms with Crippen LogP contribution in [0.25, 0.3) is 0 Å². The number of ether oxygens (including phenoxy) is 1. The highest BCUT2D eigenvalue weighted by Gasteiger charge is 1.95. The predicted molar refractivity (Wildman–Crippen MR) is 51.0 cm³/mol. The predicted octanol–water partition coefficient (Wildman–Crippen LogP) is 2.44. The van der Waals surface area contributed by atoms with Gasteiger partial charge in [0.15, 0.2) is 12.0 Å². The number of aryl methyl sites for hydroxylation is 1. The lowest BCUT2D eigenvalue weighted by Crippen LogP contribution is -1.84. The summed E-state index contributed by atoms with van der Waals surface area (Å²) in [7, 11) is 0. The standard InChI is InChI=1S/C6H6O2.C4H10O/c1-5-2-3-8-6(5)4-7;1-3-5-4-2/h2-4H,1H3;3-4H2,1-2H3. The molecule has 1 rings (SSSR count). The molecule has 0 N–H and O–H groups in total. The summed E-state index contributed by atoms with van der Waals surface area (Å²) in [4.78, 5) is 9.99. The highest BCUT2D eigenvalue weighted by atomic mass is 16.5. The van der Waals surface area contributed by atoms with Gasteiger partial charge >= 0.3 is 0 Å². The molecule has 0 unspecified atom stereocenters. The van der Waals surface area contributed by atoms with Crippen LogP contribution in [0.4, 0.5) is 0 Å². The van der Waals surface area contributed by atoms with E-state index in [4.69, 9.17) is 9.15 Å². The van der Waals surface area contributed by atoms with Crippen molar-refractivity contribution in [2.24, 2.45) is 0 Å². The molecule has 3 heteroatoms. The number of hydrogen-bond donors (Lipinski definition) is 0. The second-order valence-corrected chi connectivity index (χ2v) is 2.37. The molecule has 1 heterocycles. The Bertz CT molecular complexity index is 226. The van der Waals surface area contributed by atoms with Crippen LogP contribution in [0.15, 0.2) is 16.7 Å². The minimum Gasteiger partial charge on any atom is -0.461 e. The van der Waals surface area contributed by atoms with Crippen molar-refractivity contribution in [1.82, 2.24) is 0 Å². The molecular weight excluding hydrogens is 168 g/mol. The van der Waals surface area contributed by atoms with Crippen LogP contribution in [-0.2, 0) is 4.74 Å². The summed E-state index contributed by atoms with van der Waals surface area (Å²) in [5.41, 5.74) is 0.889. The molecule has 0 radical (unpaired) electrons. The minimum absolute atomic E-state index is 0.421. The summed E-state index contributed by atoms with van der Waals surface area (Å²) < 4.78 is 9.58. The number of carbonyl (C=O) groups excluding carboxylic acids is 1. The van der Waals surface area contributed by atoms with Crippen molar-refractivity contribution < 1.29 is 13.9 Å². The van der Waals surface area contributed by atoms with E-state index in [1.807, 2.05) is 20.8 Å². The zero-order valence-electron chi connectivity index (χ0n) is 8.37. The summed E-state index contributed by atoms with van der Waals surface area (Å²) >= 11 is 0. The number of carbonyl (C=O) groups is 1. The molecule has 1 aromatic rings. The molecule has 0 atom stereocenters. The fraction of sp³-hybridized carbons (Fsp3) is 0.500. The van der Waals surface area contributed by atoms with Gasteiger partial charge in [0, 0.05) is 13.2 Å². The quantitative estimate of drug-likeness (QED) is 0.677. The Balaban J connectivity index is 0.000000252. The number of hydrogen-bond acceptors (Lipinski definition) is 3. The van der Waals surface area contributed by atoms with Gasteiger partial charge in [0.1, 0.15) is 0 Å². The van der Waals surface area contributed by atoms with E-state index in [9.17, 15) is 4.79 Å². The monoisotopic (exact) mass is 184 g/mol. The molecule has 0 spiro atoms. The van der Waals surface area contributed by atoms with Gasteiger partial charge in [-0.2, -0.15) is 0 Å². The van der Waals surface area contributed by atoms with Crippen molar-refractivity contribution in [3.63, 3.8) is 0 Å². The Labute approximate surface area is 78.7 Å². The molecule has 0 saturated heterocycles. The Kier molecular flexibility index (Phi) is 6.92. The molecule has 3 nitrogen and oxygen atoms in total. The third-order valence-corrected chi connectivity index (χ3v) is 1.42. The van der Waals surface area contributed by atoms with E-state index in [0.717, 1.165) is 18.8 Å². The summed E-state index contributed by atoms with van der Waals surface area (Å²) in [6.45, 7) is 7.49. The first-order valence-electron chi connectivity index (χ1n) is 4.33. The first-order valence-corrected chi connectivity index (χ1v) is 4.33. The molecule has 0 amide bonds. The van der Waals surface area contributed by atoms with Crippen LogP contribution in [-0.4, -0.2) is 19.5 Å². The van der Waals surface area contributed by atoms with Crippen LogP contribution in [0.2, 0.25) is 0 Å². The largest absolute Gasteiger partial charge is 0.461 e. The van der Waals surface area contributed by atoms with Gasteiger partial charge < -0.3 is 9.15 Å². The number of rotatable bonds is 3. The lowest BCUT2D eigenvalue weighted by atomic mass is 10.3. The fourth-order valence-electron chi connectivity index (χ4n) is 0.709. The van der Waals surface area contributed by atoms with Crippen molar-refractivity contribution in [2.75, 3.05) is 13.2 Å². The van der Waals surface area contributed by atoms with E-state index >= 15 is 0 Å². The minimum atomic E-state index is 0.421. The Morgan fingerprint density at radius 1 is 1.46 bits per heavy atom. The molecule has 74 valence electrons. The second-order valence-electron chi connectivity index (χ2n) is 2.37. The van der Waals surface area contributed by atoms with Crippen molar-refractivity contribution in [1.29, 1.82) is 0 Å². The summed E-state index contributed by atoms with van der Waals surface area (Å²) in [5.74, 6) is 0.421. The van der Waals surface area contributed by atoms with Gasteiger partial charge in [-0.3, -0.25) is 4.79 Å². The van der Waals surface area contributed by atoms with Crippen LogP contribution in [0.3, 0.4) is 0 Å². The van der Waals surface area contributed by atoms with Gasteiger partial charge in [0.25, 0.3) is 0 Å². The molecular formula is C10H16O3. The maximum Gasteiger partial charge on any atom is 0.185 e. The van der Waals surface area contributed by atoms with Gasteiger partial charge in [-0.1, -0.05) is 0 Å². The summed E-state index contributed by atoms with van der Waals surface area (Å²) in [6, 6.07) is 1.75. The molecule has 0 aliphatic carbocycles. The maximum absolute atomic E-state index is 9.99. The van der Waals surface area contributed by atoms with Crippen molar-refractivity contribution >= 4 is 6.29 Å².